The van der Waals surface area contributed by atoms with Gasteiger partial charge in [-0.05, 0) is 35.7 Å². The highest BCUT2D eigenvalue weighted by molar-refractivity contribution is 5.97. The Balaban J connectivity index is 1.91. The number of hydrogen-bond acceptors (Lipinski definition) is 4. The summed E-state index contributed by atoms with van der Waals surface area (Å²) < 4.78 is 15.4. The minimum absolute atomic E-state index is 0.113. The van der Waals surface area contributed by atoms with E-state index in [0.29, 0.717) is 46.4 Å². The van der Waals surface area contributed by atoms with Gasteiger partial charge in [-0.3, -0.25) is 0 Å². The molecule has 0 radical (unpaired) electrons. The van der Waals surface area contributed by atoms with E-state index in [0.717, 1.165) is 5.56 Å². The smallest absolute Gasteiger partial charge is 0.139 e. The first-order valence-electron chi connectivity index (χ1n) is 9.48. The number of fused-ring (bicyclic) bond motifs is 1. The summed E-state index contributed by atoms with van der Waals surface area (Å²) in [5.74, 6) is -0.646. The molecule has 3 heterocycles. The molecule has 1 fully saturated rings. The van der Waals surface area contributed by atoms with Crippen LogP contribution in [0, 0.1) is 35.9 Å². The maximum atomic E-state index is 15.4. The van der Waals surface area contributed by atoms with Crippen LogP contribution < -0.4 is 5.32 Å². The zero-order chi connectivity index (χ0) is 20.1. The Hall–Kier alpha value is -2.75. The SMILES string of the molecule is Cc1cc(-c2ccnc3[nH]cc(C#N)c23)cc(F)c1C1(O)C(C)CNCC1C. The fraction of sp³-hybridized carbons (Fsp3) is 0.364. The average Bonchev–Trinajstić information content (AvgIpc) is 3.09. The lowest BCUT2D eigenvalue weighted by Gasteiger charge is -2.45. The third kappa shape index (κ3) is 2.62. The zero-order valence-corrected chi connectivity index (χ0v) is 16.2. The molecule has 3 aromatic rings. The highest BCUT2D eigenvalue weighted by Crippen LogP contribution is 2.43. The van der Waals surface area contributed by atoms with Gasteiger partial charge in [-0.25, -0.2) is 9.37 Å². The molecule has 2 unspecified atom stereocenters. The number of aryl methyl sites for hydroxylation is 1. The number of benzene rings is 1. The van der Waals surface area contributed by atoms with Crippen molar-refractivity contribution in [3.63, 3.8) is 0 Å². The number of nitriles is 1. The lowest BCUT2D eigenvalue weighted by atomic mass is 9.69. The summed E-state index contributed by atoms with van der Waals surface area (Å²) in [6.07, 6.45) is 3.25. The van der Waals surface area contributed by atoms with E-state index < -0.39 is 11.4 Å². The first-order chi connectivity index (χ1) is 13.4. The van der Waals surface area contributed by atoms with E-state index in [4.69, 9.17) is 0 Å². The number of halogens is 1. The monoisotopic (exact) mass is 378 g/mol. The summed E-state index contributed by atoms with van der Waals surface area (Å²) in [6.45, 7) is 7.01. The maximum absolute atomic E-state index is 15.4. The molecular weight excluding hydrogens is 355 g/mol. The topological polar surface area (TPSA) is 84.7 Å². The predicted molar refractivity (Wildman–Crippen MR) is 106 cm³/mol. The molecule has 144 valence electrons. The third-order valence-corrected chi connectivity index (χ3v) is 6.10. The second-order valence-corrected chi connectivity index (χ2v) is 7.83. The van der Waals surface area contributed by atoms with E-state index in [1.54, 1.807) is 18.5 Å². The molecular formula is C22H23FN4O. The van der Waals surface area contributed by atoms with Crippen LogP contribution in [-0.4, -0.2) is 28.2 Å². The number of pyridine rings is 1. The molecule has 0 amide bonds. The second-order valence-electron chi connectivity index (χ2n) is 7.83. The van der Waals surface area contributed by atoms with Gasteiger partial charge in [0, 0.05) is 48.3 Å². The van der Waals surface area contributed by atoms with Gasteiger partial charge in [-0.15, -0.1) is 0 Å². The van der Waals surface area contributed by atoms with Crippen LogP contribution in [0.4, 0.5) is 4.39 Å². The standard InChI is InChI=1S/C22H23FN4O/c1-12-6-15(17-4-5-26-21-19(17)16(8-24)11-27-21)7-18(23)20(12)22(28)13(2)9-25-10-14(22)3/h4-7,11,13-14,25,28H,9-10H2,1-3H3,(H,26,27). The number of nitrogens with zero attached hydrogens (tertiary/aromatic N) is 2. The van der Waals surface area contributed by atoms with Gasteiger partial charge < -0.3 is 15.4 Å². The van der Waals surface area contributed by atoms with Crippen LogP contribution in [0.1, 0.15) is 30.5 Å². The number of aliphatic hydroxyl groups is 1. The fourth-order valence-corrected chi connectivity index (χ4v) is 4.60. The van der Waals surface area contributed by atoms with E-state index in [1.807, 2.05) is 26.8 Å². The average molecular weight is 378 g/mol. The van der Waals surface area contributed by atoms with Crippen LogP contribution in [-0.2, 0) is 5.60 Å². The van der Waals surface area contributed by atoms with Gasteiger partial charge in [-0.2, -0.15) is 5.26 Å². The normalized spacial score (nSPS) is 25.0. The number of nitrogens with one attached hydrogen (secondary N) is 2. The van der Waals surface area contributed by atoms with E-state index in [2.05, 4.69) is 21.4 Å². The number of rotatable bonds is 2. The van der Waals surface area contributed by atoms with Crippen molar-refractivity contribution < 1.29 is 9.50 Å². The van der Waals surface area contributed by atoms with Crippen molar-refractivity contribution in [2.24, 2.45) is 11.8 Å². The van der Waals surface area contributed by atoms with Gasteiger partial charge in [0.25, 0.3) is 0 Å². The first kappa shape index (κ1) is 18.6. The molecule has 0 aliphatic carbocycles. The summed E-state index contributed by atoms with van der Waals surface area (Å²) in [6, 6.07) is 7.30. The molecule has 1 aliphatic rings. The van der Waals surface area contributed by atoms with Gasteiger partial charge in [-0.1, -0.05) is 19.9 Å². The largest absolute Gasteiger partial charge is 0.384 e. The number of H-pyrrole nitrogens is 1. The molecule has 1 aromatic carbocycles. The molecule has 0 saturated carbocycles. The predicted octanol–water partition coefficient (Wildman–Crippen LogP) is 3.61. The lowest BCUT2D eigenvalue weighted by Crippen LogP contribution is -2.53. The molecule has 3 N–H and O–H groups in total. The minimum atomic E-state index is -1.22. The lowest BCUT2D eigenvalue weighted by molar-refractivity contribution is -0.0835. The number of aromatic amines is 1. The van der Waals surface area contributed by atoms with Gasteiger partial charge in [0.15, 0.2) is 0 Å². The van der Waals surface area contributed by atoms with Crippen LogP contribution in [0.3, 0.4) is 0 Å². The minimum Gasteiger partial charge on any atom is -0.384 e. The van der Waals surface area contributed by atoms with Crippen LogP contribution in [0.2, 0.25) is 0 Å². The van der Waals surface area contributed by atoms with Gasteiger partial charge in [0.05, 0.1) is 5.56 Å². The summed E-state index contributed by atoms with van der Waals surface area (Å²) in [4.78, 5) is 7.24. The molecule has 5 nitrogen and oxygen atoms in total. The van der Waals surface area contributed by atoms with E-state index in [9.17, 15) is 10.4 Å². The van der Waals surface area contributed by atoms with Gasteiger partial charge in [0.2, 0.25) is 0 Å². The molecule has 0 spiro atoms. The molecule has 6 heteroatoms. The molecule has 4 rings (SSSR count). The first-order valence-corrected chi connectivity index (χ1v) is 9.48. The second kappa shape index (κ2) is 6.69. The summed E-state index contributed by atoms with van der Waals surface area (Å²) in [7, 11) is 0. The van der Waals surface area contributed by atoms with Crippen LogP contribution in [0.15, 0.2) is 30.6 Å². The van der Waals surface area contributed by atoms with Crippen molar-refractivity contribution in [1.29, 1.82) is 5.26 Å². The van der Waals surface area contributed by atoms with Crippen molar-refractivity contribution in [2.75, 3.05) is 13.1 Å². The van der Waals surface area contributed by atoms with Crippen molar-refractivity contribution in [1.82, 2.24) is 15.3 Å². The van der Waals surface area contributed by atoms with E-state index in [-0.39, 0.29) is 11.8 Å². The molecule has 1 saturated heterocycles. The van der Waals surface area contributed by atoms with Crippen molar-refractivity contribution >= 4 is 11.0 Å². The Morgan fingerprint density at radius 3 is 2.64 bits per heavy atom. The highest BCUT2D eigenvalue weighted by atomic mass is 19.1. The summed E-state index contributed by atoms with van der Waals surface area (Å²) in [5, 5.41) is 24.9. The quantitative estimate of drug-likeness (QED) is 0.636. The maximum Gasteiger partial charge on any atom is 0.139 e. The van der Waals surface area contributed by atoms with Crippen LogP contribution in [0.25, 0.3) is 22.2 Å². The third-order valence-electron chi connectivity index (χ3n) is 6.10. The van der Waals surface area contributed by atoms with E-state index >= 15 is 4.39 Å². The summed E-state index contributed by atoms with van der Waals surface area (Å²) in [5.41, 5.74) is 2.33. The summed E-state index contributed by atoms with van der Waals surface area (Å²) >= 11 is 0. The zero-order valence-electron chi connectivity index (χ0n) is 16.2. The van der Waals surface area contributed by atoms with Crippen molar-refractivity contribution in [3.8, 4) is 17.2 Å². The van der Waals surface area contributed by atoms with Crippen molar-refractivity contribution in [3.05, 3.63) is 53.1 Å². The molecule has 1 aliphatic heterocycles. The molecule has 2 atom stereocenters. The number of hydrogen-bond donors (Lipinski definition) is 3. The fourth-order valence-electron chi connectivity index (χ4n) is 4.60. The highest BCUT2D eigenvalue weighted by Gasteiger charge is 2.45. The molecule has 28 heavy (non-hydrogen) atoms. The Morgan fingerprint density at radius 2 is 2.00 bits per heavy atom. The molecule has 0 bridgehead atoms. The van der Waals surface area contributed by atoms with Gasteiger partial charge in [0.1, 0.15) is 23.1 Å². The Morgan fingerprint density at radius 1 is 1.29 bits per heavy atom. The van der Waals surface area contributed by atoms with Crippen molar-refractivity contribution in [2.45, 2.75) is 26.4 Å². The number of aromatic nitrogens is 2. The van der Waals surface area contributed by atoms with E-state index in [1.165, 1.54) is 6.07 Å². The van der Waals surface area contributed by atoms with Gasteiger partial charge >= 0.3 is 0 Å². The Labute approximate surface area is 163 Å². The molecule has 2 aromatic heterocycles. The van der Waals surface area contributed by atoms with Crippen LogP contribution in [0.5, 0.6) is 0 Å². The number of piperidine rings is 1. The Kier molecular flexibility index (Phi) is 4.45. The van der Waals surface area contributed by atoms with Crippen LogP contribution >= 0.6 is 0 Å². The Bertz CT molecular complexity index is 1060.